The molecule has 2 amide bonds. The van der Waals surface area contributed by atoms with E-state index >= 15 is 0 Å². The molecular formula is C14H29N3O3. The van der Waals surface area contributed by atoms with Crippen molar-refractivity contribution in [1.29, 1.82) is 0 Å². The molecule has 0 aromatic rings. The minimum absolute atomic E-state index is 0.0609. The first-order valence-corrected chi connectivity index (χ1v) is 7.36. The monoisotopic (exact) mass is 287 g/mol. The smallest absolute Gasteiger partial charge is 0.317 e. The number of nitrogens with zero attached hydrogens (tertiary/aromatic N) is 1. The second kappa shape index (κ2) is 11.5. The van der Waals surface area contributed by atoms with Crippen LogP contribution in [0.5, 0.6) is 0 Å². The van der Waals surface area contributed by atoms with Gasteiger partial charge < -0.3 is 20.6 Å². The Hall–Kier alpha value is -1.30. The van der Waals surface area contributed by atoms with E-state index in [0.29, 0.717) is 18.9 Å². The van der Waals surface area contributed by atoms with Crippen LogP contribution in [0.15, 0.2) is 0 Å². The number of amides is 2. The maximum absolute atomic E-state index is 11.8. The van der Waals surface area contributed by atoms with E-state index in [1.54, 1.807) is 11.9 Å². The van der Waals surface area contributed by atoms with Gasteiger partial charge in [0.25, 0.3) is 0 Å². The molecule has 118 valence electrons. The number of aliphatic carboxylic acids is 1. The molecule has 0 aliphatic rings. The van der Waals surface area contributed by atoms with Crippen molar-refractivity contribution in [2.24, 2.45) is 5.92 Å². The van der Waals surface area contributed by atoms with Gasteiger partial charge in [0.15, 0.2) is 0 Å². The SMILES string of the molecule is CCC(CCNC(=O)N(C)CCCNC)CCC(=O)O. The fraction of sp³-hybridized carbons (Fsp3) is 0.857. The minimum atomic E-state index is -0.753. The van der Waals surface area contributed by atoms with Gasteiger partial charge in [-0.3, -0.25) is 4.79 Å². The van der Waals surface area contributed by atoms with Gasteiger partial charge in [-0.25, -0.2) is 4.79 Å². The summed E-state index contributed by atoms with van der Waals surface area (Å²) in [4.78, 5) is 24.0. The van der Waals surface area contributed by atoms with Crippen molar-refractivity contribution in [1.82, 2.24) is 15.5 Å². The highest BCUT2D eigenvalue weighted by Gasteiger charge is 2.11. The quantitative estimate of drug-likeness (QED) is 0.503. The summed E-state index contributed by atoms with van der Waals surface area (Å²) < 4.78 is 0. The molecule has 0 radical (unpaired) electrons. The first-order valence-electron chi connectivity index (χ1n) is 7.36. The third-order valence-corrected chi connectivity index (χ3v) is 3.44. The molecule has 0 heterocycles. The van der Waals surface area contributed by atoms with E-state index in [1.165, 1.54) is 0 Å². The van der Waals surface area contributed by atoms with Crippen LogP contribution < -0.4 is 10.6 Å². The Morgan fingerprint density at radius 3 is 2.50 bits per heavy atom. The molecule has 0 aliphatic carbocycles. The zero-order valence-electron chi connectivity index (χ0n) is 12.9. The lowest BCUT2D eigenvalue weighted by Crippen LogP contribution is -2.39. The molecule has 6 nitrogen and oxygen atoms in total. The minimum Gasteiger partial charge on any atom is -0.481 e. The number of carbonyl (C=O) groups excluding carboxylic acids is 1. The standard InChI is InChI=1S/C14H29N3O3/c1-4-12(6-7-13(18)19)8-10-16-14(20)17(3)11-5-9-15-2/h12,15H,4-11H2,1-3H3,(H,16,20)(H,18,19). The highest BCUT2D eigenvalue weighted by molar-refractivity contribution is 5.73. The normalized spacial score (nSPS) is 11.9. The van der Waals surface area contributed by atoms with Gasteiger partial charge in [0, 0.05) is 26.6 Å². The van der Waals surface area contributed by atoms with Crippen molar-refractivity contribution in [3.05, 3.63) is 0 Å². The van der Waals surface area contributed by atoms with Crippen LogP contribution in [0.4, 0.5) is 4.79 Å². The second-order valence-corrected chi connectivity index (χ2v) is 5.11. The van der Waals surface area contributed by atoms with Crippen molar-refractivity contribution < 1.29 is 14.7 Å². The fourth-order valence-corrected chi connectivity index (χ4v) is 1.99. The molecule has 20 heavy (non-hydrogen) atoms. The summed E-state index contributed by atoms with van der Waals surface area (Å²) in [5.74, 6) is -0.391. The van der Waals surface area contributed by atoms with E-state index in [4.69, 9.17) is 5.11 Å². The summed E-state index contributed by atoms with van der Waals surface area (Å²) in [6.45, 7) is 4.28. The third-order valence-electron chi connectivity index (χ3n) is 3.44. The first kappa shape index (κ1) is 18.7. The molecule has 1 atom stereocenters. The number of carboxylic acids is 1. The molecule has 1 unspecified atom stereocenters. The van der Waals surface area contributed by atoms with Gasteiger partial charge in [0.2, 0.25) is 0 Å². The van der Waals surface area contributed by atoms with E-state index in [9.17, 15) is 9.59 Å². The molecule has 0 bridgehead atoms. The average molecular weight is 287 g/mol. The molecule has 0 spiro atoms. The molecule has 0 saturated carbocycles. The molecule has 6 heteroatoms. The molecule has 0 rings (SSSR count). The Morgan fingerprint density at radius 1 is 1.25 bits per heavy atom. The summed E-state index contributed by atoms with van der Waals surface area (Å²) in [7, 11) is 3.68. The van der Waals surface area contributed by atoms with Crippen LogP contribution in [-0.4, -0.2) is 55.7 Å². The molecule has 0 aromatic heterocycles. The van der Waals surface area contributed by atoms with E-state index in [2.05, 4.69) is 17.6 Å². The van der Waals surface area contributed by atoms with Crippen molar-refractivity contribution in [2.75, 3.05) is 33.7 Å². The third kappa shape index (κ3) is 9.61. The first-order chi connectivity index (χ1) is 9.51. The van der Waals surface area contributed by atoms with Crippen LogP contribution in [0.3, 0.4) is 0 Å². The Morgan fingerprint density at radius 2 is 1.95 bits per heavy atom. The van der Waals surface area contributed by atoms with Crippen LogP contribution >= 0.6 is 0 Å². The van der Waals surface area contributed by atoms with Gasteiger partial charge in [-0.15, -0.1) is 0 Å². The highest BCUT2D eigenvalue weighted by Crippen LogP contribution is 2.14. The highest BCUT2D eigenvalue weighted by atomic mass is 16.4. The Balaban J connectivity index is 3.78. The van der Waals surface area contributed by atoms with Crippen LogP contribution in [0.2, 0.25) is 0 Å². The zero-order chi connectivity index (χ0) is 15.4. The molecular weight excluding hydrogens is 258 g/mol. The number of carbonyl (C=O) groups is 2. The predicted octanol–water partition coefficient (Wildman–Crippen LogP) is 1.52. The topological polar surface area (TPSA) is 81.7 Å². The van der Waals surface area contributed by atoms with Gasteiger partial charge >= 0.3 is 12.0 Å². The van der Waals surface area contributed by atoms with Crippen LogP contribution in [-0.2, 0) is 4.79 Å². The molecule has 0 fully saturated rings. The number of urea groups is 1. The summed E-state index contributed by atoms with van der Waals surface area (Å²) in [6.07, 6.45) is 3.59. The summed E-state index contributed by atoms with van der Waals surface area (Å²) in [5.41, 5.74) is 0. The van der Waals surface area contributed by atoms with Crippen molar-refractivity contribution in [2.45, 2.75) is 39.0 Å². The van der Waals surface area contributed by atoms with Gasteiger partial charge in [-0.05, 0) is 38.8 Å². The Labute approximate surface area is 121 Å². The molecule has 0 aliphatic heterocycles. The molecule has 0 saturated heterocycles. The van der Waals surface area contributed by atoms with Crippen molar-refractivity contribution in [3.63, 3.8) is 0 Å². The van der Waals surface area contributed by atoms with E-state index in [0.717, 1.165) is 32.4 Å². The maximum atomic E-state index is 11.8. The fourth-order valence-electron chi connectivity index (χ4n) is 1.99. The Bertz CT molecular complexity index is 285. The van der Waals surface area contributed by atoms with E-state index in [1.807, 2.05) is 7.05 Å². The van der Waals surface area contributed by atoms with Gasteiger partial charge in [0.05, 0.1) is 0 Å². The maximum Gasteiger partial charge on any atom is 0.317 e. The van der Waals surface area contributed by atoms with Gasteiger partial charge in [0.1, 0.15) is 0 Å². The lowest BCUT2D eigenvalue weighted by molar-refractivity contribution is -0.137. The summed E-state index contributed by atoms with van der Waals surface area (Å²) >= 11 is 0. The molecule has 3 N–H and O–H groups in total. The Kier molecular flexibility index (Phi) is 10.8. The molecule has 0 aromatic carbocycles. The number of hydrogen-bond donors (Lipinski definition) is 3. The number of carboxylic acid groups (broad SMARTS) is 1. The van der Waals surface area contributed by atoms with Crippen molar-refractivity contribution >= 4 is 12.0 Å². The predicted molar refractivity (Wildman–Crippen MR) is 79.8 cm³/mol. The van der Waals surface area contributed by atoms with Gasteiger partial charge in [-0.2, -0.15) is 0 Å². The lowest BCUT2D eigenvalue weighted by Gasteiger charge is -2.19. The second-order valence-electron chi connectivity index (χ2n) is 5.11. The van der Waals surface area contributed by atoms with Gasteiger partial charge in [-0.1, -0.05) is 13.3 Å². The van der Waals surface area contributed by atoms with Crippen LogP contribution in [0.1, 0.15) is 39.0 Å². The van der Waals surface area contributed by atoms with Crippen molar-refractivity contribution in [3.8, 4) is 0 Å². The summed E-state index contributed by atoms with van der Waals surface area (Å²) in [6, 6.07) is -0.0609. The van der Waals surface area contributed by atoms with Crippen LogP contribution in [0, 0.1) is 5.92 Å². The van der Waals surface area contributed by atoms with E-state index < -0.39 is 5.97 Å². The lowest BCUT2D eigenvalue weighted by atomic mass is 9.97. The number of rotatable bonds is 11. The zero-order valence-corrected chi connectivity index (χ0v) is 12.9. The number of nitrogens with one attached hydrogen (secondary N) is 2. The average Bonchev–Trinajstić information content (AvgIpc) is 2.42. The summed E-state index contributed by atoms with van der Waals surface area (Å²) in [5, 5.41) is 14.6. The number of hydrogen-bond acceptors (Lipinski definition) is 3. The van der Waals surface area contributed by atoms with Crippen LogP contribution in [0.25, 0.3) is 0 Å². The van der Waals surface area contributed by atoms with E-state index in [-0.39, 0.29) is 12.5 Å². The largest absolute Gasteiger partial charge is 0.481 e.